The van der Waals surface area contributed by atoms with Crippen molar-refractivity contribution in [3.63, 3.8) is 0 Å². The van der Waals surface area contributed by atoms with E-state index in [1.165, 1.54) is 0 Å². The van der Waals surface area contributed by atoms with E-state index in [9.17, 15) is 4.79 Å². The molecular weight excluding hydrogens is 397 g/mol. The van der Waals surface area contributed by atoms with Crippen LogP contribution in [-0.2, 0) is 11.2 Å². The summed E-state index contributed by atoms with van der Waals surface area (Å²) in [7, 11) is 1.67. The van der Waals surface area contributed by atoms with E-state index in [2.05, 4.69) is 16.3 Å². The molecule has 1 aliphatic rings. The molecule has 3 N–H and O–H groups in total. The molecule has 0 radical (unpaired) electrons. The molecule has 1 saturated heterocycles. The third-order valence-corrected chi connectivity index (χ3v) is 4.82. The van der Waals surface area contributed by atoms with Gasteiger partial charge in [-0.1, -0.05) is 36.4 Å². The summed E-state index contributed by atoms with van der Waals surface area (Å²) < 4.78 is 5.31. The molecule has 3 rings (SSSR count). The standard InChI is InChI=1S/C21H27N3O2.2ClH/c1-26-19-11-5-10-18(14-19)24-12-6-9-17(15-24)23-21(25)20(22)13-16-7-3-2-4-8-16;;/h2-5,7-8,10-11,14,17,20H,6,9,12-13,15,22H2,1H3,(H,23,25);2*1H. The van der Waals surface area contributed by atoms with Crippen molar-refractivity contribution >= 4 is 36.4 Å². The predicted molar refractivity (Wildman–Crippen MR) is 119 cm³/mol. The minimum absolute atomic E-state index is 0. The lowest BCUT2D eigenvalue weighted by molar-refractivity contribution is -0.123. The molecule has 5 nitrogen and oxygen atoms in total. The second-order valence-electron chi connectivity index (χ2n) is 6.79. The van der Waals surface area contributed by atoms with Gasteiger partial charge in [-0.2, -0.15) is 0 Å². The number of amides is 1. The van der Waals surface area contributed by atoms with Crippen LogP contribution < -0.4 is 20.7 Å². The number of piperidine rings is 1. The highest BCUT2D eigenvalue weighted by molar-refractivity contribution is 5.85. The Morgan fingerprint density at radius 3 is 2.68 bits per heavy atom. The van der Waals surface area contributed by atoms with E-state index in [1.54, 1.807) is 7.11 Å². The highest BCUT2D eigenvalue weighted by Gasteiger charge is 2.24. The molecule has 0 aromatic heterocycles. The third-order valence-electron chi connectivity index (χ3n) is 4.82. The summed E-state index contributed by atoms with van der Waals surface area (Å²) in [6.07, 6.45) is 2.57. The molecule has 1 aliphatic heterocycles. The molecule has 2 unspecified atom stereocenters. The van der Waals surface area contributed by atoms with Crippen LogP contribution in [0.25, 0.3) is 0 Å². The molecule has 7 heteroatoms. The fourth-order valence-corrected chi connectivity index (χ4v) is 3.41. The van der Waals surface area contributed by atoms with Crippen molar-refractivity contribution in [1.29, 1.82) is 0 Å². The second-order valence-corrected chi connectivity index (χ2v) is 6.79. The van der Waals surface area contributed by atoms with Crippen LogP contribution in [0.4, 0.5) is 5.69 Å². The zero-order chi connectivity index (χ0) is 18.4. The highest BCUT2D eigenvalue weighted by Crippen LogP contribution is 2.24. The molecule has 0 spiro atoms. The van der Waals surface area contributed by atoms with Gasteiger partial charge in [-0.15, -0.1) is 24.8 Å². The van der Waals surface area contributed by atoms with Crippen molar-refractivity contribution in [3.8, 4) is 5.75 Å². The Balaban J connectivity index is 0.00000196. The fraction of sp³-hybridized carbons (Fsp3) is 0.381. The number of carbonyl (C=O) groups excluding carboxylic acids is 1. The van der Waals surface area contributed by atoms with Crippen molar-refractivity contribution < 1.29 is 9.53 Å². The van der Waals surface area contributed by atoms with Crippen LogP contribution >= 0.6 is 24.8 Å². The molecule has 28 heavy (non-hydrogen) atoms. The monoisotopic (exact) mass is 425 g/mol. The van der Waals surface area contributed by atoms with Crippen LogP contribution in [-0.4, -0.2) is 38.2 Å². The molecule has 0 bridgehead atoms. The Labute approximate surface area is 179 Å². The normalized spacial score (nSPS) is 16.9. The van der Waals surface area contributed by atoms with Crippen LogP contribution in [0.15, 0.2) is 54.6 Å². The number of ether oxygens (including phenoxy) is 1. The van der Waals surface area contributed by atoms with Crippen molar-refractivity contribution in [2.75, 3.05) is 25.1 Å². The van der Waals surface area contributed by atoms with E-state index in [1.807, 2.05) is 48.5 Å². The maximum atomic E-state index is 12.5. The summed E-state index contributed by atoms with van der Waals surface area (Å²) in [5.41, 5.74) is 8.31. The van der Waals surface area contributed by atoms with E-state index < -0.39 is 6.04 Å². The van der Waals surface area contributed by atoms with Crippen molar-refractivity contribution in [2.45, 2.75) is 31.3 Å². The Bertz CT molecular complexity index is 731. The van der Waals surface area contributed by atoms with Gasteiger partial charge in [-0.25, -0.2) is 0 Å². The van der Waals surface area contributed by atoms with Crippen LogP contribution in [0.3, 0.4) is 0 Å². The molecule has 1 heterocycles. The number of anilines is 1. The van der Waals surface area contributed by atoms with Crippen molar-refractivity contribution in [1.82, 2.24) is 5.32 Å². The number of carbonyl (C=O) groups is 1. The number of rotatable bonds is 6. The molecule has 0 saturated carbocycles. The number of hydrogen-bond donors (Lipinski definition) is 2. The Morgan fingerprint density at radius 2 is 1.96 bits per heavy atom. The number of nitrogens with one attached hydrogen (secondary N) is 1. The SMILES string of the molecule is COc1cccc(N2CCCC(NC(=O)C(N)Cc3ccccc3)C2)c1.Cl.Cl. The summed E-state index contributed by atoms with van der Waals surface area (Å²) in [6, 6.07) is 17.5. The quantitative estimate of drug-likeness (QED) is 0.745. The van der Waals surface area contributed by atoms with E-state index in [-0.39, 0.29) is 36.8 Å². The Hall–Kier alpha value is -1.95. The fourth-order valence-electron chi connectivity index (χ4n) is 3.41. The van der Waals surface area contributed by atoms with Gasteiger partial charge in [0.05, 0.1) is 13.2 Å². The van der Waals surface area contributed by atoms with Crippen LogP contribution in [0, 0.1) is 0 Å². The molecule has 2 aromatic rings. The smallest absolute Gasteiger partial charge is 0.237 e. The van der Waals surface area contributed by atoms with Gasteiger partial charge in [-0.3, -0.25) is 4.79 Å². The van der Waals surface area contributed by atoms with Gasteiger partial charge < -0.3 is 20.7 Å². The first-order chi connectivity index (χ1) is 12.7. The largest absolute Gasteiger partial charge is 0.497 e. The predicted octanol–water partition coefficient (Wildman–Crippen LogP) is 3.19. The summed E-state index contributed by atoms with van der Waals surface area (Å²) >= 11 is 0. The summed E-state index contributed by atoms with van der Waals surface area (Å²) in [5.74, 6) is 0.768. The lowest BCUT2D eigenvalue weighted by atomic mass is 10.0. The Kier molecular flexibility index (Phi) is 10.1. The first-order valence-corrected chi connectivity index (χ1v) is 9.14. The lowest BCUT2D eigenvalue weighted by Crippen LogP contribution is -2.52. The highest BCUT2D eigenvalue weighted by atomic mass is 35.5. The van der Waals surface area contributed by atoms with Gasteiger partial charge in [0.25, 0.3) is 0 Å². The van der Waals surface area contributed by atoms with Crippen molar-refractivity contribution in [3.05, 3.63) is 60.2 Å². The average Bonchev–Trinajstić information content (AvgIpc) is 2.69. The van der Waals surface area contributed by atoms with Crippen molar-refractivity contribution in [2.24, 2.45) is 5.73 Å². The lowest BCUT2D eigenvalue weighted by Gasteiger charge is -2.35. The number of hydrogen-bond acceptors (Lipinski definition) is 4. The summed E-state index contributed by atoms with van der Waals surface area (Å²) in [4.78, 5) is 14.8. The van der Waals surface area contributed by atoms with Gasteiger partial charge in [0.2, 0.25) is 5.91 Å². The molecule has 1 fully saturated rings. The maximum Gasteiger partial charge on any atom is 0.237 e. The molecule has 154 valence electrons. The topological polar surface area (TPSA) is 67.6 Å². The molecule has 2 atom stereocenters. The van der Waals surface area contributed by atoms with E-state index in [0.29, 0.717) is 6.42 Å². The van der Waals surface area contributed by atoms with E-state index in [0.717, 1.165) is 42.9 Å². The maximum absolute atomic E-state index is 12.5. The number of benzene rings is 2. The number of halogens is 2. The van der Waals surface area contributed by atoms with E-state index >= 15 is 0 Å². The first kappa shape index (κ1) is 24.1. The summed E-state index contributed by atoms with van der Waals surface area (Å²) in [6.45, 7) is 1.77. The molecular formula is C21H29Cl2N3O2. The summed E-state index contributed by atoms with van der Waals surface area (Å²) in [5, 5.41) is 3.13. The van der Waals surface area contributed by atoms with Gasteiger partial charge >= 0.3 is 0 Å². The van der Waals surface area contributed by atoms with Crippen LogP contribution in [0.2, 0.25) is 0 Å². The number of methoxy groups -OCH3 is 1. The van der Waals surface area contributed by atoms with E-state index in [4.69, 9.17) is 10.5 Å². The first-order valence-electron chi connectivity index (χ1n) is 9.14. The zero-order valence-electron chi connectivity index (χ0n) is 16.0. The van der Waals surface area contributed by atoms with Crippen LogP contribution in [0.5, 0.6) is 5.75 Å². The number of nitrogens with two attached hydrogens (primary N) is 1. The van der Waals surface area contributed by atoms with Gasteiger partial charge in [0, 0.05) is 30.9 Å². The van der Waals surface area contributed by atoms with Gasteiger partial charge in [0.1, 0.15) is 5.75 Å². The van der Waals surface area contributed by atoms with Gasteiger partial charge in [-0.05, 0) is 37.0 Å². The van der Waals surface area contributed by atoms with Gasteiger partial charge in [0.15, 0.2) is 0 Å². The molecule has 2 aromatic carbocycles. The zero-order valence-corrected chi connectivity index (χ0v) is 17.7. The number of nitrogens with zero attached hydrogens (tertiary/aromatic N) is 1. The van der Waals surface area contributed by atoms with Crippen LogP contribution in [0.1, 0.15) is 18.4 Å². The Morgan fingerprint density at radius 1 is 1.21 bits per heavy atom. The molecule has 0 aliphatic carbocycles. The average molecular weight is 426 g/mol. The minimum Gasteiger partial charge on any atom is -0.497 e. The molecule has 1 amide bonds. The minimum atomic E-state index is -0.524. The third kappa shape index (κ3) is 6.59. The second kappa shape index (κ2) is 11.8.